The zero-order chi connectivity index (χ0) is 15.9. The molecule has 0 unspecified atom stereocenters. The van der Waals surface area contributed by atoms with Crippen LogP contribution in [-0.4, -0.2) is 18.0 Å². The summed E-state index contributed by atoms with van der Waals surface area (Å²) in [5.41, 5.74) is 1.71. The first kappa shape index (κ1) is 15.0. The van der Waals surface area contributed by atoms with Gasteiger partial charge in [0, 0.05) is 12.1 Å². The zero-order valence-corrected chi connectivity index (χ0v) is 13.2. The standard InChI is InChI=1S/C15H12ClFN2O2S/c1-19-14-7-4-11(16)8-13(14)18-15(19)22(20,21)9-10-2-5-12(17)6-3-10/h2-8H,9H2,1H3. The van der Waals surface area contributed by atoms with E-state index >= 15 is 0 Å². The van der Waals surface area contributed by atoms with Crippen LogP contribution < -0.4 is 0 Å². The third-order valence-corrected chi connectivity index (χ3v) is 5.22. The van der Waals surface area contributed by atoms with Crippen molar-refractivity contribution in [2.45, 2.75) is 10.9 Å². The van der Waals surface area contributed by atoms with E-state index in [1.807, 2.05) is 0 Å². The smallest absolute Gasteiger partial charge is 0.228 e. The number of sulfone groups is 1. The molecule has 3 aromatic rings. The second-order valence-corrected chi connectivity index (χ2v) is 7.29. The number of rotatable bonds is 3. The number of halogens is 2. The van der Waals surface area contributed by atoms with E-state index in [0.717, 1.165) is 0 Å². The van der Waals surface area contributed by atoms with Crippen LogP contribution in [0.5, 0.6) is 0 Å². The number of nitrogens with zero attached hydrogens (tertiary/aromatic N) is 2. The number of aromatic nitrogens is 2. The molecular formula is C15H12ClFN2O2S. The quantitative estimate of drug-likeness (QED) is 0.736. The van der Waals surface area contributed by atoms with Gasteiger partial charge in [-0.1, -0.05) is 23.7 Å². The lowest BCUT2D eigenvalue weighted by molar-refractivity contribution is 0.579. The lowest BCUT2D eigenvalue weighted by atomic mass is 10.2. The number of imidazole rings is 1. The SMILES string of the molecule is Cn1c(S(=O)(=O)Cc2ccc(F)cc2)nc2cc(Cl)ccc21. The maximum atomic E-state index is 12.9. The Morgan fingerprint density at radius 2 is 1.86 bits per heavy atom. The molecule has 0 N–H and O–H groups in total. The molecule has 0 aliphatic rings. The average molecular weight is 339 g/mol. The van der Waals surface area contributed by atoms with Crippen LogP contribution in [-0.2, 0) is 22.6 Å². The predicted octanol–water partition coefficient (Wildman–Crippen LogP) is 3.34. The van der Waals surface area contributed by atoms with Gasteiger partial charge in [-0.05, 0) is 35.9 Å². The average Bonchev–Trinajstić information content (AvgIpc) is 2.78. The summed E-state index contributed by atoms with van der Waals surface area (Å²) in [5.74, 6) is -0.642. The fourth-order valence-electron chi connectivity index (χ4n) is 2.29. The molecule has 0 aliphatic heterocycles. The molecule has 3 rings (SSSR count). The molecule has 0 atom stereocenters. The van der Waals surface area contributed by atoms with Crippen LogP contribution >= 0.6 is 11.6 Å². The van der Waals surface area contributed by atoms with E-state index < -0.39 is 15.7 Å². The predicted molar refractivity (Wildman–Crippen MR) is 83.0 cm³/mol. The Hall–Kier alpha value is -1.92. The molecule has 0 aliphatic carbocycles. The lowest BCUT2D eigenvalue weighted by Gasteiger charge is -2.05. The lowest BCUT2D eigenvalue weighted by Crippen LogP contribution is -2.11. The highest BCUT2D eigenvalue weighted by molar-refractivity contribution is 7.90. The number of benzene rings is 2. The first-order chi connectivity index (χ1) is 10.4. The van der Waals surface area contributed by atoms with Crippen LogP contribution in [0.1, 0.15) is 5.56 Å². The van der Waals surface area contributed by atoms with Crippen molar-refractivity contribution in [1.29, 1.82) is 0 Å². The summed E-state index contributed by atoms with van der Waals surface area (Å²) >= 11 is 5.90. The van der Waals surface area contributed by atoms with Crippen LogP contribution in [0, 0.1) is 5.82 Å². The van der Waals surface area contributed by atoms with E-state index in [0.29, 0.717) is 21.6 Å². The summed E-state index contributed by atoms with van der Waals surface area (Å²) in [7, 11) is -2.01. The summed E-state index contributed by atoms with van der Waals surface area (Å²) < 4.78 is 39.5. The molecule has 2 aromatic carbocycles. The van der Waals surface area contributed by atoms with E-state index in [1.165, 1.54) is 28.8 Å². The molecule has 7 heteroatoms. The molecule has 0 amide bonds. The number of hydrogen-bond donors (Lipinski definition) is 0. The highest BCUT2D eigenvalue weighted by Crippen LogP contribution is 2.23. The molecule has 0 saturated carbocycles. The third kappa shape index (κ3) is 2.71. The van der Waals surface area contributed by atoms with Crippen molar-refractivity contribution in [3.8, 4) is 0 Å². The van der Waals surface area contributed by atoms with Gasteiger partial charge in [-0.25, -0.2) is 17.8 Å². The minimum atomic E-state index is -3.65. The highest BCUT2D eigenvalue weighted by Gasteiger charge is 2.22. The van der Waals surface area contributed by atoms with E-state index in [2.05, 4.69) is 4.98 Å². The second kappa shape index (κ2) is 5.37. The van der Waals surface area contributed by atoms with Gasteiger partial charge >= 0.3 is 0 Å². The topological polar surface area (TPSA) is 52.0 Å². The van der Waals surface area contributed by atoms with E-state index in [4.69, 9.17) is 11.6 Å². The largest absolute Gasteiger partial charge is 0.318 e. The Kier molecular flexibility index (Phi) is 3.66. The molecule has 0 saturated heterocycles. The van der Waals surface area contributed by atoms with Gasteiger partial charge in [-0.2, -0.15) is 0 Å². The molecule has 1 aromatic heterocycles. The molecule has 1 heterocycles. The van der Waals surface area contributed by atoms with Crippen LogP contribution in [0.15, 0.2) is 47.6 Å². The van der Waals surface area contributed by atoms with Crippen molar-refractivity contribution in [1.82, 2.24) is 9.55 Å². The highest BCUT2D eigenvalue weighted by atomic mass is 35.5. The molecule has 0 spiro atoms. The van der Waals surface area contributed by atoms with E-state index in [1.54, 1.807) is 25.2 Å². The Morgan fingerprint density at radius 1 is 1.18 bits per heavy atom. The van der Waals surface area contributed by atoms with Crippen molar-refractivity contribution < 1.29 is 12.8 Å². The Balaban J connectivity index is 2.05. The van der Waals surface area contributed by atoms with Gasteiger partial charge in [-0.3, -0.25) is 0 Å². The van der Waals surface area contributed by atoms with Crippen molar-refractivity contribution in [2.24, 2.45) is 7.05 Å². The van der Waals surface area contributed by atoms with Crippen LogP contribution in [0.25, 0.3) is 11.0 Å². The summed E-state index contributed by atoms with van der Waals surface area (Å²) in [6, 6.07) is 10.4. The van der Waals surface area contributed by atoms with E-state index in [-0.39, 0.29) is 10.9 Å². The van der Waals surface area contributed by atoms with Gasteiger partial charge in [0.25, 0.3) is 0 Å². The van der Waals surface area contributed by atoms with Gasteiger partial charge in [0.05, 0.1) is 16.8 Å². The zero-order valence-electron chi connectivity index (χ0n) is 11.6. The minimum Gasteiger partial charge on any atom is -0.318 e. The third-order valence-electron chi connectivity index (χ3n) is 3.35. The van der Waals surface area contributed by atoms with Crippen molar-refractivity contribution in [3.63, 3.8) is 0 Å². The van der Waals surface area contributed by atoms with Crippen LogP contribution in [0.3, 0.4) is 0 Å². The Labute approximate surface area is 132 Å². The summed E-state index contributed by atoms with van der Waals surface area (Å²) in [6.45, 7) is 0. The Morgan fingerprint density at radius 3 is 2.55 bits per heavy atom. The Bertz CT molecular complexity index is 950. The van der Waals surface area contributed by atoms with Gasteiger partial charge < -0.3 is 4.57 Å². The van der Waals surface area contributed by atoms with Crippen LogP contribution in [0.2, 0.25) is 5.02 Å². The minimum absolute atomic E-state index is 0.0332. The summed E-state index contributed by atoms with van der Waals surface area (Å²) in [4.78, 5) is 4.17. The summed E-state index contributed by atoms with van der Waals surface area (Å²) in [5, 5.41) is 0.460. The molecule has 114 valence electrons. The van der Waals surface area contributed by atoms with Crippen molar-refractivity contribution in [3.05, 3.63) is 58.9 Å². The second-order valence-electron chi connectivity index (χ2n) is 4.97. The van der Waals surface area contributed by atoms with Crippen LogP contribution in [0.4, 0.5) is 4.39 Å². The monoisotopic (exact) mass is 338 g/mol. The van der Waals surface area contributed by atoms with Gasteiger partial charge in [0.2, 0.25) is 15.0 Å². The fourth-order valence-corrected chi connectivity index (χ4v) is 3.97. The van der Waals surface area contributed by atoms with Crippen molar-refractivity contribution >= 4 is 32.5 Å². The normalized spacial score (nSPS) is 12.0. The maximum absolute atomic E-state index is 12.9. The molecule has 0 radical (unpaired) electrons. The molecular weight excluding hydrogens is 327 g/mol. The van der Waals surface area contributed by atoms with Gasteiger partial charge in [0.1, 0.15) is 5.82 Å². The first-order valence-corrected chi connectivity index (χ1v) is 8.49. The molecule has 4 nitrogen and oxygen atoms in total. The molecule has 0 bridgehead atoms. The number of hydrogen-bond acceptors (Lipinski definition) is 3. The number of aryl methyl sites for hydroxylation is 1. The molecule has 0 fully saturated rings. The molecule has 22 heavy (non-hydrogen) atoms. The summed E-state index contributed by atoms with van der Waals surface area (Å²) in [6.07, 6.45) is 0. The van der Waals surface area contributed by atoms with E-state index in [9.17, 15) is 12.8 Å². The number of fused-ring (bicyclic) bond motifs is 1. The fraction of sp³-hybridized carbons (Fsp3) is 0.133. The first-order valence-electron chi connectivity index (χ1n) is 6.46. The van der Waals surface area contributed by atoms with Gasteiger partial charge in [0.15, 0.2) is 0 Å². The van der Waals surface area contributed by atoms with Crippen molar-refractivity contribution in [2.75, 3.05) is 0 Å². The van der Waals surface area contributed by atoms with Gasteiger partial charge in [-0.15, -0.1) is 0 Å². The maximum Gasteiger partial charge on any atom is 0.228 e.